The van der Waals surface area contributed by atoms with Crippen LogP contribution in [0.2, 0.25) is 0 Å². The predicted octanol–water partition coefficient (Wildman–Crippen LogP) is 2.99. The summed E-state index contributed by atoms with van der Waals surface area (Å²) in [5.41, 5.74) is 1.15. The molecule has 11 heavy (non-hydrogen) atoms. The Bertz CT molecular complexity index is 245. The van der Waals surface area contributed by atoms with Crippen LogP contribution in [0.4, 0.5) is 0 Å². The summed E-state index contributed by atoms with van der Waals surface area (Å²) < 4.78 is 0. The number of rotatable bonds is 1. The molecular formula is C9H10ClN. The van der Waals surface area contributed by atoms with Crippen LogP contribution < -0.4 is 0 Å². The fourth-order valence-corrected chi connectivity index (χ4v) is 1.36. The van der Waals surface area contributed by atoms with Crippen molar-refractivity contribution in [3.63, 3.8) is 0 Å². The second-order valence-corrected chi connectivity index (χ2v) is 3.22. The molecule has 0 aromatic carbocycles. The van der Waals surface area contributed by atoms with E-state index in [1.807, 2.05) is 12.2 Å². The van der Waals surface area contributed by atoms with Crippen molar-refractivity contribution in [3.05, 3.63) is 22.8 Å². The molecule has 1 atom stereocenters. The summed E-state index contributed by atoms with van der Waals surface area (Å²) in [6.07, 6.45) is 5.36. The third-order valence-corrected chi connectivity index (χ3v) is 2.17. The molecule has 0 aromatic heterocycles. The van der Waals surface area contributed by atoms with E-state index in [9.17, 15) is 0 Å². The summed E-state index contributed by atoms with van der Waals surface area (Å²) >= 11 is 5.79. The Hall–Kier alpha value is -0.740. The Morgan fingerprint density at radius 2 is 2.55 bits per heavy atom. The first-order valence-corrected chi connectivity index (χ1v) is 4.05. The van der Waals surface area contributed by atoms with Gasteiger partial charge in [-0.2, -0.15) is 5.26 Å². The summed E-state index contributed by atoms with van der Waals surface area (Å²) in [4.78, 5) is 0. The highest BCUT2D eigenvalue weighted by Crippen LogP contribution is 2.26. The zero-order valence-electron chi connectivity index (χ0n) is 6.47. The van der Waals surface area contributed by atoms with Crippen LogP contribution in [-0.4, -0.2) is 0 Å². The molecule has 0 heterocycles. The van der Waals surface area contributed by atoms with Gasteiger partial charge < -0.3 is 0 Å². The van der Waals surface area contributed by atoms with Gasteiger partial charge in [-0.05, 0) is 18.4 Å². The van der Waals surface area contributed by atoms with Crippen molar-refractivity contribution in [1.82, 2.24) is 0 Å². The highest BCUT2D eigenvalue weighted by atomic mass is 35.5. The molecule has 58 valence electrons. The van der Waals surface area contributed by atoms with E-state index in [1.165, 1.54) is 0 Å². The molecule has 0 bridgehead atoms. The molecule has 0 N–H and O–H groups in total. The van der Waals surface area contributed by atoms with Crippen LogP contribution in [0.25, 0.3) is 0 Å². The van der Waals surface area contributed by atoms with E-state index in [0.29, 0.717) is 12.3 Å². The van der Waals surface area contributed by atoms with Crippen LogP contribution in [0.15, 0.2) is 22.8 Å². The van der Waals surface area contributed by atoms with E-state index in [0.717, 1.165) is 17.0 Å². The maximum atomic E-state index is 8.47. The normalized spacial score (nSPS) is 23.5. The molecule has 1 aliphatic rings. The molecule has 1 nitrogen and oxygen atoms in total. The molecule has 1 aliphatic carbocycles. The van der Waals surface area contributed by atoms with Gasteiger partial charge in [0.05, 0.1) is 12.5 Å². The van der Waals surface area contributed by atoms with Crippen LogP contribution in [-0.2, 0) is 0 Å². The molecule has 1 unspecified atom stereocenters. The zero-order chi connectivity index (χ0) is 8.27. The summed E-state index contributed by atoms with van der Waals surface area (Å²) in [6.45, 7) is 2.11. The van der Waals surface area contributed by atoms with Gasteiger partial charge in [0.25, 0.3) is 0 Å². The summed E-state index contributed by atoms with van der Waals surface area (Å²) in [7, 11) is 0. The van der Waals surface area contributed by atoms with Crippen molar-refractivity contribution in [1.29, 1.82) is 5.26 Å². The van der Waals surface area contributed by atoms with Crippen LogP contribution >= 0.6 is 11.6 Å². The molecular weight excluding hydrogens is 158 g/mol. The van der Waals surface area contributed by atoms with Gasteiger partial charge in [-0.1, -0.05) is 30.2 Å². The summed E-state index contributed by atoms with van der Waals surface area (Å²) in [5.74, 6) is 0.483. The smallest absolute Gasteiger partial charge is 0.0666 e. The number of nitriles is 1. The van der Waals surface area contributed by atoms with Crippen molar-refractivity contribution in [3.8, 4) is 6.07 Å². The first-order chi connectivity index (χ1) is 5.24. The van der Waals surface area contributed by atoms with Gasteiger partial charge in [0, 0.05) is 5.03 Å². The second-order valence-electron chi connectivity index (χ2n) is 2.78. The molecule has 0 aliphatic heterocycles. The first kappa shape index (κ1) is 8.36. The van der Waals surface area contributed by atoms with Crippen LogP contribution in [0, 0.1) is 17.2 Å². The standard InChI is InChI=1S/C9H10ClN/c1-7-2-3-9(10)6-8(7)4-5-11/h3,6-7H,2,4H2,1H3. The number of allylic oxidation sites excluding steroid dienone is 4. The highest BCUT2D eigenvalue weighted by molar-refractivity contribution is 6.31. The predicted molar refractivity (Wildman–Crippen MR) is 46.0 cm³/mol. The lowest BCUT2D eigenvalue weighted by atomic mass is 9.91. The average molecular weight is 168 g/mol. The van der Waals surface area contributed by atoms with Gasteiger partial charge >= 0.3 is 0 Å². The van der Waals surface area contributed by atoms with Crippen LogP contribution in [0.3, 0.4) is 0 Å². The van der Waals surface area contributed by atoms with E-state index >= 15 is 0 Å². The minimum atomic E-state index is 0.483. The lowest BCUT2D eigenvalue weighted by Crippen LogP contribution is -2.01. The largest absolute Gasteiger partial charge is 0.198 e. The quantitative estimate of drug-likeness (QED) is 0.589. The fourth-order valence-electron chi connectivity index (χ4n) is 1.14. The Morgan fingerprint density at radius 1 is 1.82 bits per heavy atom. The van der Waals surface area contributed by atoms with Crippen LogP contribution in [0.1, 0.15) is 19.8 Å². The highest BCUT2D eigenvalue weighted by Gasteiger charge is 2.11. The molecule has 2 heteroatoms. The van der Waals surface area contributed by atoms with E-state index < -0.39 is 0 Å². The number of hydrogen-bond donors (Lipinski definition) is 0. The van der Waals surface area contributed by atoms with Gasteiger partial charge in [0.1, 0.15) is 0 Å². The maximum Gasteiger partial charge on any atom is 0.0666 e. The molecule has 0 amide bonds. The number of hydrogen-bond acceptors (Lipinski definition) is 1. The Kier molecular flexibility index (Phi) is 2.73. The molecule has 1 rings (SSSR count). The van der Waals surface area contributed by atoms with Gasteiger partial charge in [-0.3, -0.25) is 0 Å². The van der Waals surface area contributed by atoms with E-state index in [2.05, 4.69) is 13.0 Å². The van der Waals surface area contributed by atoms with Gasteiger partial charge in [-0.15, -0.1) is 0 Å². The van der Waals surface area contributed by atoms with E-state index in [-0.39, 0.29) is 0 Å². The van der Waals surface area contributed by atoms with Crippen molar-refractivity contribution >= 4 is 11.6 Å². The van der Waals surface area contributed by atoms with E-state index in [4.69, 9.17) is 16.9 Å². The molecule has 0 saturated carbocycles. The monoisotopic (exact) mass is 167 g/mol. The van der Waals surface area contributed by atoms with Crippen molar-refractivity contribution in [2.75, 3.05) is 0 Å². The Labute approximate surface area is 72.0 Å². The van der Waals surface area contributed by atoms with Gasteiger partial charge in [0.15, 0.2) is 0 Å². The minimum absolute atomic E-state index is 0.483. The van der Waals surface area contributed by atoms with Crippen molar-refractivity contribution in [2.45, 2.75) is 19.8 Å². The summed E-state index contributed by atoms with van der Waals surface area (Å²) in [6, 6.07) is 2.13. The number of halogens is 1. The lowest BCUT2D eigenvalue weighted by molar-refractivity contribution is 0.671. The minimum Gasteiger partial charge on any atom is -0.198 e. The third-order valence-electron chi connectivity index (χ3n) is 1.91. The second kappa shape index (κ2) is 3.59. The zero-order valence-corrected chi connectivity index (χ0v) is 7.23. The molecule has 0 spiro atoms. The average Bonchev–Trinajstić information content (AvgIpc) is 1.98. The van der Waals surface area contributed by atoms with Crippen LogP contribution in [0.5, 0.6) is 0 Å². The first-order valence-electron chi connectivity index (χ1n) is 3.67. The molecule has 0 radical (unpaired) electrons. The van der Waals surface area contributed by atoms with E-state index in [1.54, 1.807) is 0 Å². The lowest BCUT2D eigenvalue weighted by Gasteiger charge is -2.15. The van der Waals surface area contributed by atoms with Crippen molar-refractivity contribution < 1.29 is 0 Å². The summed E-state index contributed by atoms with van der Waals surface area (Å²) in [5, 5.41) is 9.24. The van der Waals surface area contributed by atoms with Gasteiger partial charge in [-0.25, -0.2) is 0 Å². The third kappa shape index (κ3) is 2.10. The van der Waals surface area contributed by atoms with Gasteiger partial charge in [0.2, 0.25) is 0 Å². The maximum absolute atomic E-state index is 8.47. The fraction of sp³-hybridized carbons (Fsp3) is 0.444. The number of nitrogens with zero attached hydrogens (tertiary/aromatic N) is 1. The molecule has 0 saturated heterocycles. The Morgan fingerprint density at radius 3 is 3.18 bits per heavy atom. The molecule has 0 aromatic rings. The Balaban J connectivity index is 2.74. The molecule has 0 fully saturated rings. The topological polar surface area (TPSA) is 23.8 Å². The van der Waals surface area contributed by atoms with Crippen molar-refractivity contribution in [2.24, 2.45) is 5.92 Å². The SMILES string of the molecule is CC1CC=C(Cl)C=C1CC#N.